The van der Waals surface area contributed by atoms with Gasteiger partial charge >= 0.3 is 11.9 Å². The number of rotatable bonds is 4. The molecule has 0 saturated carbocycles. The molecule has 2 N–H and O–H groups in total. The topological polar surface area (TPSA) is 87.1 Å². The summed E-state index contributed by atoms with van der Waals surface area (Å²) in [6.07, 6.45) is -0.970. The summed E-state index contributed by atoms with van der Waals surface area (Å²) >= 11 is 0. The van der Waals surface area contributed by atoms with Gasteiger partial charge in [-0.3, -0.25) is 9.59 Å². The summed E-state index contributed by atoms with van der Waals surface area (Å²) in [7, 11) is 0. The molecule has 0 radical (unpaired) electrons. The SMILES string of the molecule is O=C(O)CC1OC1CC(=O)O. The van der Waals surface area contributed by atoms with Crippen molar-refractivity contribution in [2.75, 3.05) is 0 Å². The first kappa shape index (κ1) is 8.00. The third kappa shape index (κ3) is 2.55. The highest BCUT2D eigenvalue weighted by atomic mass is 16.6. The van der Waals surface area contributed by atoms with Gasteiger partial charge in [0.25, 0.3) is 0 Å². The largest absolute Gasteiger partial charge is 0.481 e. The van der Waals surface area contributed by atoms with Crippen LogP contribution in [0.3, 0.4) is 0 Å². The lowest BCUT2D eigenvalue weighted by Crippen LogP contribution is -2.06. The summed E-state index contributed by atoms with van der Waals surface area (Å²) < 4.78 is 4.78. The number of epoxide rings is 1. The van der Waals surface area contributed by atoms with E-state index < -0.39 is 11.9 Å². The van der Waals surface area contributed by atoms with Crippen LogP contribution in [0, 0.1) is 0 Å². The number of carboxylic acid groups (broad SMARTS) is 2. The van der Waals surface area contributed by atoms with Gasteiger partial charge in [0.05, 0.1) is 25.0 Å². The van der Waals surface area contributed by atoms with Crippen molar-refractivity contribution >= 4 is 11.9 Å². The monoisotopic (exact) mass is 160 g/mol. The number of ether oxygens (including phenoxy) is 1. The fraction of sp³-hybridized carbons (Fsp3) is 0.667. The van der Waals surface area contributed by atoms with Crippen LogP contribution in [0.4, 0.5) is 0 Å². The first-order valence-electron chi connectivity index (χ1n) is 3.18. The molecule has 11 heavy (non-hydrogen) atoms. The van der Waals surface area contributed by atoms with Gasteiger partial charge in [-0.1, -0.05) is 0 Å². The van der Waals surface area contributed by atoms with E-state index in [1.165, 1.54) is 0 Å². The highest BCUT2D eigenvalue weighted by Crippen LogP contribution is 2.27. The Labute approximate surface area is 62.6 Å². The number of aliphatic carboxylic acids is 2. The normalized spacial score (nSPS) is 28.0. The average molecular weight is 160 g/mol. The molecule has 1 aliphatic heterocycles. The van der Waals surface area contributed by atoms with Crippen molar-refractivity contribution in [3.63, 3.8) is 0 Å². The van der Waals surface area contributed by atoms with Crippen LogP contribution in [0.1, 0.15) is 12.8 Å². The summed E-state index contributed by atoms with van der Waals surface area (Å²) in [4.78, 5) is 20.1. The van der Waals surface area contributed by atoms with E-state index >= 15 is 0 Å². The Morgan fingerprint density at radius 2 is 1.45 bits per heavy atom. The number of hydrogen-bond acceptors (Lipinski definition) is 3. The molecule has 0 aromatic carbocycles. The van der Waals surface area contributed by atoms with Crippen molar-refractivity contribution in [2.24, 2.45) is 0 Å². The van der Waals surface area contributed by atoms with Gasteiger partial charge in [0.2, 0.25) is 0 Å². The lowest BCUT2D eigenvalue weighted by molar-refractivity contribution is -0.138. The van der Waals surface area contributed by atoms with Gasteiger partial charge < -0.3 is 14.9 Å². The van der Waals surface area contributed by atoms with E-state index in [0.717, 1.165) is 0 Å². The molecule has 62 valence electrons. The standard InChI is InChI=1S/C6H8O5/c7-5(8)1-3-4(11-3)2-6(9)10/h3-4H,1-2H2,(H,7,8)(H,9,10). The maximum Gasteiger partial charge on any atom is 0.306 e. The zero-order valence-corrected chi connectivity index (χ0v) is 5.69. The molecule has 0 aliphatic carbocycles. The third-order valence-electron chi connectivity index (χ3n) is 1.44. The van der Waals surface area contributed by atoms with Crippen molar-refractivity contribution in [1.82, 2.24) is 0 Å². The molecule has 0 aromatic heterocycles. The van der Waals surface area contributed by atoms with Crippen LogP contribution in [0.5, 0.6) is 0 Å². The minimum Gasteiger partial charge on any atom is -0.481 e. The molecule has 1 rings (SSSR count). The van der Waals surface area contributed by atoms with Crippen LogP contribution < -0.4 is 0 Å². The number of hydrogen-bond donors (Lipinski definition) is 2. The summed E-state index contributed by atoms with van der Waals surface area (Å²) in [6, 6.07) is 0. The van der Waals surface area contributed by atoms with E-state index in [1.807, 2.05) is 0 Å². The molecule has 2 unspecified atom stereocenters. The molecule has 1 aliphatic rings. The minimum absolute atomic E-state index is 0.0993. The van der Waals surface area contributed by atoms with Gasteiger partial charge in [0, 0.05) is 0 Å². The molecule has 2 atom stereocenters. The van der Waals surface area contributed by atoms with Crippen LogP contribution in [-0.2, 0) is 14.3 Å². The van der Waals surface area contributed by atoms with Gasteiger partial charge in [0.15, 0.2) is 0 Å². The molecule has 5 heteroatoms. The van der Waals surface area contributed by atoms with Crippen LogP contribution in [0.25, 0.3) is 0 Å². The zero-order valence-electron chi connectivity index (χ0n) is 5.69. The zero-order chi connectivity index (χ0) is 8.43. The first-order chi connectivity index (χ1) is 5.09. The summed E-state index contributed by atoms with van der Waals surface area (Å²) in [6.45, 7) is 0. The third-order valence-corrected chi connectivity index (χ3v) is 1.44. The van der Waals surface area contributed by atoms with Crippen LogP contribution >= 0.6 is 0 Å². The Kier molecular flexibility index (Phi) is 2.09. The Bertz CT molecular complexity index is 167. The van der Waals surface area contributed by atoms with Gasteiger partial charge in [-0.05, 0) is 0 Å². The fourth-order valence-electron chi connectivity index (χ4n) is 0.882. The molecule has 1 saturated heterocycles. The second kappa shape index (κ2) is 2.87. The second-order valence-electron chi connectivity index (χ2n) is 2.41. The molecule has 1 heterocycles. The average Bonchev–Trinajstić information content (AvgIpc) is 2.43. The first-order valence-corrected chi connectivity index (χ1v) is 3.18. The maximum absolute atomic E-state index is 10.1. The van der Waals surface area contributed by atoms with E-state index in [9.17, 15) is 9.59 Å². The van der Waals surface area contributed by atoms with Crippen molar-refractivity contribution in [1.29, 1.82) is 0 Å². The van der Waals surface area contributed by atoms with E-state index in [0.29, 0.717) is 0 Å². The van der Waals surface area contributed by atoms with Crippen molar-refractivity contribution in [3.05, 3.63) is 0 Å². The lowest BCUT2D eigenvalue weighted by atomic mass is 10.2. The summed E-state index contributed by atoms with van der Waals surface area (Å²) in [5.41, 5.74) is 0. The molecule has 5 nitrogen and oxygen atoms in total. The Balaban J connectivity index is 2.16. The van der Waals surface area contributed by atoms with Gasteiger partial charge in [-0.2, -0.15) is 0 Å². The van der Waals surface area contributed by atoms with E-state index in [4.69, 9.17) is 14.9 Å². The van der Waals surface area contributed by atoms with Crippen molar-refractivity contribution < 1.29 is 24.5 Å². The molecule has 1 fully saturated rings. The smallest absolute Gasteiger partial charge is 0.306 e. The lowest BCUT2D eigenvalue weighted by Gasteiger charge is -1.86. The molecular weight excluding hydrogens is 152 g/mol. The van der Waals surface area contributed by atoms with Gasteiger partial charge in [0.1, 0.15) is 0 Å². The van der Waals surface area contributed by atoms with E-state index in [-0.39, 0.29) is 25.0 Å². The highest BCUT2D eigenvalue weighted by Gasteiger charge is 2.41. The van der Waals surface area contributed by atoms with Gasteiger partial charge in [-0.15, -0.1) is 0 Å². The number of carboxylic acids is 2. The van der Waals surface area contributed by atoms with Gasteiger partial charge in [-0.25, -0.2) is 0 Å². The second-order valence-corrected chi connectivity index (χ2v) is 2.41. The van der Waals surface area contributed by atoms with Crippen molar-refractivity contribution in [3.8, 4) is 0 Å². The Morgan fingerprint density at radius 3 is 1.73 bits per heavy atom. The minimum atomic E-state index is -0.956. The molecule has 0 bridgehead atoms. The van der Waals surface area contributed by atoms with E-state index in [1.54, 1.807) is 0 Å². The highest BCUT2D eigenvalue weighted by molar-refractivity contribution is 5.70. The molecule has 0 spiro atoms. The Morgan fingerprint density at radius 1 is 1.09 bits per heavy atom. The predicted octanol–water partition coefficient (Wildman–Crippen LogP) is -0.297. The fourth-order valence-corrected chi connectivity index (χ4v) is 0.882. The van der Waals surface area contributed by atoms with Crippen LogP contribution in [0.15, 0.2) is 0 Å². The quantitative estimate of drug-likeness (QED) is 0.551. The molecular formula is C6H8O5. The van der Waals surface area contributed by atoms with E-state index in [2.05, 4.69) is 0 Å². The molecule has 0 amide bonds. The van der Waals surface area contributed by atoms with Crippen LogP contribution in [-0.4, -0.2) is 34.4 Å². The number of carbonyl (C=O) groups is 2. The Hall–Kier alpha value is -1.10. The molecule has 0 aromatic rings. The predicted molar refractivity (Wildman–Crippen MR) is 33.2 cm³/mol. The summed E-state index contributed by atoms with van der Waals surface area (Å²) in [5, 5.41) is 16.5. The van der Waals surface area contributed by atoms with Crippen LogP contribution in [0.2, 0.25) is 0 Å². The maximum atomic E-state index is 10.1. The van der Waals surface area contributed by atoms with Crippen molar-refractivity contribution in [2.45, 2.75) is 25.0 Å². The summed E-state index contributed by atoms with van der Waals surface area (Å²) in [5.74, 6) is -1.91.